The molecule has 7 nitrogen and oxygen atoms in total. The highest BCUT2D eigenvalue weighted by Crippen LogP contribution is 2.10. The summed E-state index contributed by atoms with van der Waals surface area (Å²) in [7, 11) is 0. The lowest BCUT2D eigenvalue weighted by Crippen LogP contribution is -2.14. The number of nitrogens with zero attached hydrogens (tertiary/aromatic N) is 4. The molecule has 2 N–H and O–H groups in total. The average molecular weight is 233 g/mol. The molecule has 0 aliphatic carbocycles. The van der Waals surface area contributed by atoms with Crippen LogP contribution in [0.25, 0.3) is 0 Å². The van der Waals surface area contributed by atoms with Crippen LogP contribution in [0.4, 0.5) is 5.82 Å². The topological polar surface area (TPSA) is 92.9 Å². The summed E-state index contributed by atoms with van der Waals surface area (Å²) in [5, 5.41) is 19.4. The average Bonchev–Trinajstić information content (AvgIpc) is 2.82. The quantitative estimate of drug-likeness (QED) is 0.780. The maximum atomic E-state index is 10.9. The first-order valence-electron chi connectivity index (χ1n) is 5.03. The second-order valence-corrected chi connectivity index (χ2v) is 3.30. The summed E-state index contributed by atoms with van der Waals surface area (Å²) in [5.41, 5.74) is 0.158. The zero-order valence-electron chi connectivity index (χ0n) is 8.95. The minimum atomic E-state index is -0.999. The maximum absolute atomic E-state index is 10.9. The van der Waals surface area contributed by atoms with E-state index in [1.54, 1.807) is 29.3 Å². The highest BCUT2D eigenvalue weighted by molar-refractivity contribution is 5.92. The van der Waals surface area contributed by atoms with Crippen molar-refractivity contribution in [2.45, 2.75) is 6.54 Å². The van der Waals surface area contributed by atoms with Crippen LogP contribution in [0.1, 0.15) is 10.4 Å². The predicted molar refractivity (Wildman–Crippen MR) is 59.7 cm³/mol. The van der Waals surface area contributed by atoms with E-state index < -0.39 is 5.97 Å². The van der Waals surface area contributed by atoms with Crippen molar-refractivity contribution in [1.82, 2.24) is 20.0 Å². The lowest BCUT2D eigenvalue weighted by molar-refractivity contribution is 0.0697. The molecule has 0 saturated carbocycles. The van der Waals surface area contributed by atoms with Crippen LogP contribution in [-0.2, 0) is 6.54 Å². The lowest BCUT2D eigenvalue weighted by atomic mass is 10.2. The predicted octanol–water partition coefficient (Wildman–Crippen LogP) is 0.483. The summed E-state index contributed by atoms with van der Waals surface area (Å²) >= 11 is 0. The summed E-state index contributed by atoms with van der Waals surface area (Å²) in [5.74, 6) is -0.638. The van der Waals surface area contributed by atoms with Crippen LogP contribution in [-0.4, -0.2) is 37.6 Å². The second kappa shape index (κ2) is 5.06. The fourth-order valence-electron chi connectivity index (χ4n) is 1.36. The molecule has 0 saturated heterocycles. The van der Waals surface area contributed by atoms with E-state index in [-0.39, 0.29) is 5.56 Å². The lowest BCUT2D eigenvalue weighted by Gasteiger charge is -2.07. The first-order valence-corrected chi connectivity index (χ1v) is 5.03. The fourth-order valence-corrected chi connectivity index (χ4v) is 1.36. The van der Waals surface area contributed by atoms with E-state index in [4.69, 9.17) is 5.11 Å². The first-order chi connectivity index (χ1) is 8.27. The molecule has 0 atom stereocenters. The van der Waals surface area contributed by atoms with Gasteiger partial charge in [-0.1, -0.05) is 5.21 Å². The molecule has 0 fully saturated rings. The van der Waals surface area contributed by atoms with Crippen LogP contribution in [0, 0.1) is 0 Å². The van der Waals surface area contributed by atoms with Crippen molar-refractivity contribution in [2.75, 3.05) is 11.9 Å². The van der Waals surface area contributed by atoms with E-state index in [1.807, 2.05) is 0 Å². The Morgan fingerprint density at radius 3 is 3.06 bits per heavy atom. The molecule has 0 unspecified atom stereocenters. The molecule has 0 aliphatic heterocycles. The Labute approximate surface area is 97.1 Å². The van der Waals surface area contributed by atoms with Crippen LogP contribution >= 0.6 is 0 Å². The summed E-state index contributed by atoms with van der Waals surface area (Å²) in [4.78, 5) is 14.9. The Morgan fingerprint density at radius 2 is 2.35 bits per heavy atom. The van der Waals surface area contributed by atoms with Gasteiger partial charge < -0.3 is 10.4 Å². The van der Waals surface area contributed by atoms with Crippen molar-refractivity contribution in [3.05, 3.63) is 36.3 Å². The van der Waals surface area contributed by atoms with Crippen LogP contribution in [0.2, 0.25) is 0 Å². The number of hydrogen-bond donors (Lipinski definition) is 2. The Bertz CT molecular complexity index is 497. The van der Waals surface area contributed by atoms with Gasteiger partial charge in [0.25, 0.3) is 0 Å². The van der Waals surface area contributed by atoms with Gasteiger partial charge in [0.05, 0.1) is 12.7 Å². The molecular formula is C10H11N5O2. The largest absolute Gasteiger partial charge is 0.478 e. The van der Waals surface area contributed by atoms with E-state index in [0.717, 1.165) is 0 Å². The number of rotatable bonds is 5. The number of hydrogen-bond acceptors (Lipinski definition) is 5. The van der Waals surface area contributed by atoms with E-state index in [1.165, 1.54) is 6.07 Å². The third kappa shape index (κ3) is 2.77. The summed E-state index contributed by atoms with van der Waals surface area (Å²) in [6.07, 6.45) is 4.87. The highest BCUT2D eigenvalue weighted by Gasteiger charge is 2.09. The SMILES string of the molecule is O=C(O)c1cccnc1NCCn1ccnn1. The van der Waals surface area contributed by atoms with Gasteiger partial charge >= 0.3 is 5.97 Å². The van der Waals surface area contributed by atoms with Gasteiger partial charge in [-0.25, -0.2) is 9.78 Å². The second-order valence-electron chi connectivity index (χ2n) is 3.30. The molecule has 0 radical (unpaired) electrons. The molecule has 17 heavy (non-hydrogen) atoms. The highest BCUT2D eigenvalue weighted by atomic mass is 16.4. The number of nitrogens with one attached hydrogen (secondary N) is 1. The van der Waals surface area contributed by atoms with Gasteiger partial charge in [-0.05, 0) is 12.1 Å². The Morgan fingerprint density at radius 1 is 1.47 bits per heavy atom. The Balaban J connectivity index is 1.97. The molecular weight excluding hydrogens is 222 g/mol. The van der Waals surface area contributed by atoms with Gasteiger partial charge in [0.1, 0.15) is 11.4 Å². The van der Waals surface area contributed by atoms with Crippen LogP contribution < -0.4 is 5.32 Å². The van der Waals surface area contributed by atoms with Gasteiger partial charge in [-0.2, -0.15) is 0 Å². The molecule has 2 aromatic rings. The van der Waals surface area contributed by atoms with Crippen LogP contribution in [0.5, 0.6) is 0 Å². The zero-order valence-corrected chi connectivity index (χ0v) is 8.95. The van der Waals surface area contributed by atoms with Crippen molar-refractivity contribution in [3.8, 4) is 0 Å². The molecule has 0 aromatic carbocycles. The molecule has 7 heteroatoms. The van der Waals surface area contributed by atoms with Crippen LogP contribution in [0.3, 0.4) is 0 Å². The van der Waals surface area contributed by atoms with Crippen LogP contribution in [0.15, 0.2) is 30.7 Å². The Hall–Kier alpha value is -2.44. The molecule has 88 valence electrons. The standard InChI is InChI=1S/C10H11N5O2/c16-10(17)8-2-1-3-11-9(8)12-4-6-15-7-5-13-14-15/h1-3,5,7H,4,6H2,(H,11,12)(H,16,17). The minimum Gasteiger partial charge on any atom is -0.478 e. The number of aromatic nitrogens is 4. The van der Waals surface area contributed by atoms with Crippen molar-refractivity contribution in [1.29, 1.82) is 0 Å². The van der Waals surface area contributed by atoms with E-state index in [2.05, 4.69) is 20.6 Å². The van der Waals surface area contributed by atoms with Gasteiger partial charge in [-0.3, -0.25) is 4.68 Å². The number of pyridine rings is 1. The molecule has 2 heterocycles. The van der Waals surface area contributed by atoms with Gasteiger partial charge in [-0.15, -0.1) is 5.10 Å². The normalized spacial score (nSPS) is 10.1. The summed E-state index contributed by atoms with van der Waals surface area (Å²) < 4.78 is 1.65. The maximum Gasteiger partial charge on any atom is 0.339 e. The monoisotopic (exact) mass is 233 g/mol. The third-order valence-electron chi connectivity index (χ3n) is 2.14. The van der Waals surface area contributed by atoms with E-state index in [9.17, 15) is 4.79 Å². The van der Waals surface area contributed by atoms with Crippen molar-refractivity contribution < 1.29 is 9.90 Å². The number of carboxylic acids is 1. The molecule has 0 spiro atoms. The smallest absolute Gasteiger partial charge is 0.339 e. The number of carbonyl (C=O) groups is 1. The van der Waals surface area contributed by atoms with E-state index in [0.29, 0.717) is 18.9 Å². The molecule has 0 bridgehead atoms. The summed E-state index contributed by atoms with van der Waals surface area (Å²) in [6.45, 7) is 1.12. The van der Waals surface area contributed by atoms with E-state index >= 15 is 0 Å². The van der Waals surface area contributed by atoms with Gasteiger partial charge in [0.2, 0.25) is 0 Å². The zero-order chi connectivity index (χ0) is 12.1. The summed E-state index contributed by atoms with van der Waals surface area (Å²) in [6, 6.07) is 3.10. The number of anilines is 1. The Kier molecular flexibility index (Phi) is 3.29. The third-order valence-corrected chi connectivity index (χ3v) is 2.14. The fraction of sp³-hybridized carbons (Fsp3) is 0.200. The molecule has 0 aliphatic rings. The number of aromatic carboxylic acids is 1. The van der Waals surface area contributed by atoms with Crippen molar-refractivity contribution >= 4 is 11.8 Å². The van der Waals surface area contributed by atoms with Gasteiger partial charge in [0, 0.05) is 18.9 Å². The molecule has 2 rings (SSSR count). The molecule has 2 aromatic heterocycles. The minimum absolute atomic E-state index is 0.158. The van der Waals surface area contributed by atoms with Gasteiger partial charge in [0.15, 0.2) is 0 Å². The number of carboxylic acid groups (broad SMARTS) is 1. The first kappa shape index (κ1) is 11.1. The van der Waals surface area contributed by atoms with Crippen molar-refractivity contribution in [3.63, 3.8) is 0 Å². The molecule has 0 amide bonds. The van der Waals surface area contributed by atoms with Crippen molar-refractivity contribution in [2.24, 2.45) is 0 Å².